The summed E-state index contributed by atoms with van der Waals surface area (Å²) < 4.78 is 5.53. The minimum atomic E-state index is -0.316. The Morgan fingerprint density at radius 3 is 2.78 bits per heavy atom. The summed E-state index contributed by atoms with van der Waals surface area (Å²) in [5.74, 6) is -0.538. The molecule has 1 rings (SSSR count). The number of esters is 1. The molecule has 0 spiro atoms. The van der Waals surface area contributed by atoms with Gasteiger partial charge in [-0.05, 0) is 47.7 Å². The SMILES string of the molecule is CCOC(=O)CCNC(=O)c1ccc(Cl)cc1I. The monoisotopic (exact) mass is 381 g/mol. The molecule has 0 atom stereocenters. The molecule has 0 heterocycles. The normalized spacial score (nSPS) is 9.94. The van der Waals surface area contributed by atoms with Crippen LogP contribution in [-0.2, 0) is 9.53 Å². The maximum atomic E-state index is 11.8. The Labute approximate surface area is 124 Å². The highest BCUT2D eigenvalue weighted by Crippen LogP contribution is 2.17. The van der Waals surface area contributed by atoms with Crippen LogP contribution in [0.3, 0.4) is 0 Å². The van der Waals surface area contributed by atoms with Crippen LogP contribution in [0.15, 0.2) is 18.2 Å². The van der Waals surface area contributed by atoms with Gasteiger partial charge in [0, 0.05) is 15.1 Å². The second-order valence-electron chi connectivity index (χ2n) is 3.44. The van der Waals surface area contributed by atoms with Crippen LogP contribution in [0.4, 0.5) is 0 Å². The topological polar surface area (TPSA) is 55.4 Å². The number of hydrogen-bond acceptors (Lipinski definition) is 3. The molecule has 4 nitrogen and oxygen atoms in total. The number of halogens is 2. The summed E-state index contributed by atoms with van der Waals surface area (Å²) in [6, 6.07) is 5.02. The highest BCUT2D eigenvalue weighted by atomic mass is 127. The summed E-state index contributed by atoms with van der Waals surface area (Å²) in [6.07, 6.45) is 0.170. The van der Waals surface area contributed by atoms with Gasteiger partial charge < -0.3 is 10.1 Å². The maximum Gasteiger partial charge on any atom is 0.307 e. The minimum Gasteiger partial charge on any atom is -0.466 e. The Morgan fingerprint density at radius 2 is 2.17 bits per heavy atom. The van der Waals surface area contributed by atoms with E-state index < -0.39 is 0 Å². The van der Waals surface area contributed by atoms with Gasteiger partial charge in [-0.25, -0.2) is 0 Å². The first-order chi connectivity index (χ1) is 8.54. The average Bonchev–Trinajstić information content (AvgIpc) is 2.29. The molecule has 1 aromatic carbocycles. The van der Waals surface area contributed by atoms with Crippen molar-refractivity contribution < 1.29 is 14.3 Å². The number of amides is 1. The third-order valence-corrected chi connectivity index (χ3v) is 3.22. The Morgan fingerprint density at radius 1 is 1.44 bits per heavy atom. The van der Waals surface area contributed by atoms with Gasteiger partial charge in [-0.1, -0.05) is 11.6 Å². The van der Waals surface area contributed by atoms with Gasteiger partial charge in [-0.15, -0.1) is 0 Å². The highest BCUT2D eigenvalue weighted by Gasteiger charge is 2.10. The average molecular weight is 382 g/mol. The standard InChI is InChI=1S/C12H13ClINO3/c1-2-18-11(16)5-6-15-12(17)9-4-3-8(13)7-10(9)14/h3-4,7H,2,5-6H2,1H3,(H,15,17). The molecule has 0 saturated carbocycles. The Bertz CT molecular complexity index is 451. The van der Waals surface area contributed by atoms with Crippen LogP contribution in [0, 0.1) is 3.57 Å². The van der Waals surface area contributed by atoms with Gasteiger partial charge >= 0.3 is 5.97 Å². The Hall–Kier alpha value is -0.820. The van der Waals surface area contributed by atoms with Gasteiger partial charge in [0.25, 0.3) is 5.91 Å². The van der Waals surface area contributed by atoms with E-state index in [1.165, 1.54) is 0 Å². The zero-order chi connectivity index (χ0) is 13.5. The zero-order valence-corrected chi connectivity index (χ0v) is 12.7. The van der Waals surface area contributed by atoms with Crippen molar-refractivity contribution in [3.63, 3.8) is 0 Å². The molecule has 0 bridgehead atoms. The first-order valence-corrected chi connectivity index (χ1v) is 6.89. The number of hydrogen-bond donors (Lipinski definition) is 1. The van der Waals surface area contributed by atoms with Crippen LogP contribution in [0.1, 0.15) is 23.7 Å². The minimum absolute atomic E-state index is 0.170. The van der Waals surface area contributed by atoms with E-state index in [-0.39, 0.29) is 24.8 Å². The van der Waals surface area contributed by atoms with Crippen LogP contribution in [0.2, 0.25) is 5.02 Å². The van der Waals surface area contributed by atoms with Crippen LogP contribution in [-0.4, -0.2) is 25.0 Å². The maximum absolute atomic E-state index is 11.8. The number of nitrogens with one attached hydrogen (secondary N) is 1. The molecule has 0 aliphatic heterocycles. The van der Waals surface area contributed by atoms with E-state index in [2.05, 4.69) is 5.32 Å². The largest absolute Gasteiger partial charge is 0.466 e. The first-order valence-electron chi connectivity index (χ1n) is 5.43. The fourth-order valence-corrected chi connectivity index (χ4v) is 2.40. The molecule has 98 valence electrons. The molecule has 1 amide bonds. The van der Waals surface area contributed by atoms with Gasteiger partial charge in [0.1, 0.15) is 0 Å². The van der Waals surface area contributed by atoms with E-state index >= 15 is 0 Å². The van der Waals surface area contributed by atoms with Crippen molar-refractivity contribution in [3.05, 3.63) is 32.4 Å². The van der Waals surface area contributed by atoms with Gasteiger partial charge in [0.15, 0.2) is 0 Å². The van der Waals surface area contributed by atoms with Gasteiger partial charge in [-0.3, -0.25) is 9.59 Å². The van der Waals surface area contributed by atoms with E-state index in [0.29, 0.717) is 17.2 Å². The summed E-state index contributed by atoms with van der Waals surface area (Å²) >= 11 is 7.85. The molecule has 0 unspecified atom stereocenters. The third kappa shape index (κ3) is 4.81. The second kappa shape index (κ2) is 7.58. The summed E-state index contributed by atoms with van der Waals surface area (Å²) in [6.45, 7) is 2.35. The van der Waals surface area contributed by atoms with Crippen molar-refractivity contribution >= 4 is 46.1 Å². The molecule has 0 fully saturated rings. The van der Waals surface area contributed by atoms with E-state index in [9.17, 15) is 9.59 Å². The summed E-state index contributed by atoms with van der Waals surface area (Å²) in [5.41, 5.74) is 0.545. The molecule has 0 aliphatic carbocycles. The third-order valence-electron chi connectivity index (χ3n) is 2.10. The molecule has 1 aromatic rings. The zero-order valence-electron chi connectivity index (χ0n) is 9.83. The molecule has 1 N–H and O–H groups in total. The summed E-state index contributed by atoms with van der Waals surface area (Å²) in [4.78, 5) is 22.9. The van der Waals surface area contributed by atoms with Crippen molar-refractivity contribution in [3.8, 4) is 0 Å². The molecule has 0 aromatic heterocycles. The van der Waals surface area contributed by atoms with Gasteiger partial charge in [0.05, 0.1) is 18.6 Å². The van der Waals surface area contributed by atoms with Crippen LogP contribution in [0.25, 0.3) is 0 Å². The fourth-order valence-electron chi connectivity index (χ4n) is 1.28. The van der Waals surface area contributed by atoms with E-state index in [0.717, 1.165) is 3.57 Å². The Kier molecular flexibility index (Phi) is 6.42. The molecule has 0 saturated heterocycles. The summed E-state index contributed by atoms with van der Waals surface area (Å²) in [5, 5.41) is 3.25. The number of carbonyl (C=O) groups is 2. The van der Waals surface area contributed by atoms with E-state index in [1.54, 1.807) is 25.1 Å². The molecular weight excluding hydrogens is 368 g/mol. The molecular formula is C12H13ClINO3. The first kappa shape index (κ1) is 15.2. The van der Waals surface area contributed by atoms with Crippen molar-refractivity contribution in [1.29, 1.82) is 0 Å². The predicted octanol–water partition coefficient (Wildman–Crippen LogP) is 2.63. The molecule has 0 aliphatic rings. The van der Waals surface area contributed by atoms with Crippen molar-refractivity contribution in [1.82, 2.24) is 5.32 Å². The molecule has 18 heavy (non-hydrogen) atoms. The lowest BCUT2D eigenvalue weighted by Crippen LogP contribution is -2.27. The Balaban J connectivity index is 2.48. The van der Waals surface area contributed by atoms with Gasteiger partial charge in [0.2, 0.25) is 0 Å². The van der Waals surface area contributed by atoms with Crippen molar-refractivity contribution in [2.75, 3.05) is 13.2 Å². The van der Waals surface area contributed by atoms with Crippen LogP contribution in [0.5, 0.6) is 0 Å². The van der Waals surface area contributed by atoms with Crippen LogP contribution < -0.4 is 5.32 Å². The lowest BCUT2D eigenvalue weighted by atomic mass is 10.2. The number of ether oxygens (including phenoxy) is 1. The van der Waals surface area contributed by atoms with Gasteiger partial charge in [-0.2, -0.15) is 0 Å². The molecule has 0 radical (unpaired) electrons. The quantitative estimate of drug-likeness (QED) is 0.630. The van der Waals surface area contributed by atoms with Crippen molar-refractivity contribution in [2.45, 2.75) is 13.3 Å². The lowest BCUT2D eigenvalue weighted by molar-refractivity contribution is -0.142. The second-order valence-corrected chi connectivity index (χ2v) is 5.03. The van der Waals surface area contributed by atoms with Crippen LogP contribution >= 0.6 is 34.2 Å². The molecule has 6 heteroatoms. The van der Waals surface area contributed by atoms with E-state index in [4.69, 9.17) is 16.3 Å². The lowest BCUT2D eigenvalue weighted by Gasteiger charge is -2.07. The smallest absolute Gasteiger partial charge is 0.307 e. The fraction of sp³-hybridized carbons (Fsp3) is 0.333. The number of benzene rings is 1. The highest BCUT2D eigenvalue weighted by molar-refractivity contribution is 14.1. The number of rotatable bonds is 5. The van der Waals surface area contributed by atoms with E-state index in [1.807, 2.05) is 22.6 Å². The predicted molar refractivity (Wildman–Crippen MR) is 77.8 cm³/mol. The summed E-state index contributed by atoms with van der Waals surface area (Å²) in [7, 11) is 0. The van der Waals surface area contributed by atoms with Crippen molar-refractivity contribution in [2.24, 2.45) is 0 Å². The number of carbonyl (C=O) groups excluding carboxylic acids is 2.